The summed E-state index contributed by atoms with van der Waals surface area (Å²) in [5.74, 6) is -2.38. The van der Waals surface area contributed by atoms with E-state index >= 15 is 8.78 Å². The highest BCUT2D eigenvalue weighted by atomic mass is 35.5. The minimum atomic E-state index is -4.78. The van der Waals surface area contributed by atoms with Crippen LogP contribution in [0.5, 0.6) is 17.2 Å². The first-order valence-electron chi connectivity index (χ1n) is 16.1. The van der Waals surface area contributed by atoms with Crippen LogP contribution in [0.1, 0.15) is 50.0 Å². The van der Waals surface area contributed by atoms with E-state index in [1.54, 1.807) is 62.9 Å². The van der Waals surface area contributed by atoms with E-state index in [-0.39, 0.29) is 37.4 Å². The Balaban J connectivity index is 1.42. The third-order valence-electron chi connectivity index (χ3n) is 8.37. The molecule has 15 heteroatoms. The van der Waals surface area contributed by atoms with E-state index in [0.29, 0.717) is 52.9 Å². The molecule has 0 bridgehead atoms. The summed E-state index contributed by atoms with van der Waals surface area (Å²) in [4.78, 5) is 13.6. The molecule has 1 aliphatic rings. The van der Waals surface area contributed by atoms with Crippen molar-refractivity contribution in [1.82, 2.24) is 10.1 Å². The molecule has 274 valence electrons. The molecule has 1 amide bonds. The molecular formula is C36H40ClF2N3O8S. The predicted molar refractivity (Wildman–Crippen MR) is 186 cm³/mol. The van der Waals surface area contributed by atoms with Gasteiger partial charge in [-0.1, -0.05) is 28.9 Å². The van der Waals surface area contributed by atoms with Gasteiger partial charge < -0.3 is 28.4 Å². The number of amides is 1. The van der Waals surface area contributed by atoms with Gasteiger partial charge in [0.05, 0.1) is 27.4 Å². The lowest BCUT2D eigenvalue weighted by atomic mass is 9.81. The number of piperidine rings is 1. The average molecular weight is 748 g/mol. The van der Waals surface area contributed by atoms with E-state index < -0.39 is 44.0 Å². The van der Waals surface area contributed by atoms with Crippen molar-refractivity contribution in [2.75, 3.05) is 38.2 Å². The quantitative estimate of drug-likeness (QED) is 0.152. The molecule has 2 atom stereocenters. The fourth-order valence-corrected chi connectivity index (χ4v) is 7.44. The Kier molecular flexibility index (Phi) is 11.3. The molecular weight excluding hydrogens is 708 g/mol. The molecule has 0 saturated carbocycles. The summed E-state index contributed by atoms with van der Waals surface area (Å²) >= 11 is 6.12. The normalized spacial score (nSPS) is 16.5. The van der Waals surface area contributed by atoms with Crippen LogP contribution in [0, 0.1) is 24.5 Å². The Hall–Kier alpha value is -4.56. The largest absolute Gasteiger partial charge is 0.497 e. The highest BCUT2D eigenvalue weighted by molar-refractivity contribution is 7.92. The summed E-state index contributed by atoms with van der Waals surface area (Å²) < 4.78 is 87.7. The second-order valence-corrected chi connectivity index (χ2v) is 15.4. The van der Waals surface area contributed by atoms with Gasteiger partial charge in [0.25, 0.3) is 10.0 Å². The molecule has 1 saturated heterocycles. The van der Waals surface area contributed by atoms with Gasteiger partial charge in [0.15, 0.2) is 17.4 Å². The third-order valence-corrected chi connectivity index (χ3v) is 10.4. The highest BCUT2D eigenvalue weighted by Gasteiger charge is 2.36. The number of sulfonamides is 1. The Labute approximate surface area is 301 Å². The Morgan fingerprint density at radius 3 is 2.37 bits per heavy atom. The molecule has 0 spiro atoms. The van der Waals surface area contributed by atoms with Crippen LogP contribution in [0.4, 0.5) is 19.4 Å². The van der Waals surface area contributed by atoms with Crippen molar-refractivity contribution in [1.29, 1.82) is 0 Å². The molecule has 0 unspecified atom stereocenters. The number of aromatic nitrogens is 1. The van der Waals surface area contributed by atoms with Gasteiger partial charge in [-0.05, 0) is 69.9 Å². The Morgan fingerprint density at radius 1 is 1.02 bits per heavy atom. The number of benzene rings is 3. The number of carbonyl (C=O) groups excluding carboxylic acids is 1. The van der Waals surface area contributed by atoms with Crippen molar-refractivity contribution >= 4 is 33.5 Å². The number of anilines is 1. The summed E-state index contributed by atoms with van der Waals surface area (Å²) in [5, 5.41) is 4.40. The molecule has 5 rings (SSSR count). The van der Waals surface area contributed by atoms with Crippen LogP contribution < -0.4 is 18.5 Å². The summed E-state index contributed by atoms with van der Waals surface area (Å²) in [6, 6.07) is 14.7. The molecule has 4 aromatic rings. The number of likely N-dealkylation sites (tertiary alicyclic amines) is 1. The SMILES string of the molecule is COc1ccc(CN(c2cc(C)on2)S(=O)(=O)c2cc(F)c(OC[C@H]3CN(C(=O)OC(C)(C)C)CC[C@@H]3c3ccc(Cl)cc3)cc2F)c(OC)c1. The molecule has 11 nitrogen and oxygen atoms in total. The fraction of sp³-hybridized carbons (Fsp3) is 0.389. The fourth-order valence-electron chi connectivity index (χ4n) is 5.87. The molecule has 2 heterocycles. The second-order valence-electron chi connectivity index (χ2n) is 13.1. The Bertz CT molecular complexity index is 1970. The molecule has 0 aliphatic carbocycles. The molecule has 1 fully saturated rings. The minimum Gasteiger partial charge on any atom is -0.497 e. The molecule has 0 radical (unpaired) electrons. The minimum absolute atomic E-state index is 0.108. The number of methoxy groups -OCH3 is 2. The lowest BCUT2D eigenvalue weighted by Gasteiger charge is -2.39. The number of aryl methyl sites for hydroxylation is 1. The second kappa shape index (κ2) is 15.4. The van der Waals surface area contributed by atoms with Crippen molar-refractivity contribution in [2.24, 2.45) is 5.92 Å². The van der Waals surface area contributed by atoms with E-state index in [1.165, 1.54) is 20.3 Å². The van der Waals surface area contributed by atoms with E-state index in [1.807, 2.05) is 12.1 Å². The van der Waals surface area contributed by atoms with E-state index in [0.717, 1.165) is 9.87 Å². The van der Waals surface area contributed by atoms with E-state index in [9.17, 15) is 13.2 Å². The van der Waals surface area contributed by atoms with Crippen molar-refractivity contribution in [2.45, 2.75) is 57.1 Å². The Morgan fingerprint density at radius 2 is 1.75 bits per heavy atom. The summed E-state index contributed by atoms with van der Waals surface area (Å²) in [5.41, 5.74) is 0.634. The number of hydrogen-bond donors (Lipinski definition) is 0. The van der Waals surface area contributed by atoms with Crippen LogP contribution in [0.15, 0.2) is 70.1 Å². The van der Waals surface area contributed by atoms with Crippen molar-refractivity contribution in [3.63, 3.8) is 0 Å². The van der Waals surface area contributed by atoms with Gasteiger partial charge in [-0.3, -0.25) is 0 Å². The zero-order chi connectivity index (χ0) is 37.1. The lowest BCUT2D eigenvalue weighted by Crippen LogP contribution is -2.46. The van der Waals surface area contributed by atoms with Crippen LogP contribution in [0.25, 0.3) is 0 Å². The van der Waals surface area contributed by atoms with Gasteiger partial charge in [0, 0.05) is 53.9 Å². The van der Waals surface area contributed by atoms with Crippen LogP contribution >= 0.6 is 11.6 Å². The number of halogens is 3. The topological polar surface area (TPSA) is 121 Å². The number of nitrogens with zero attached hydrogens (tertiary/aromatic N) is 3. The number of rotatable bonds is 11. The molecule has 1 aliphatic heterocycles. The lowest BCUT2D eigenvalue weighted by molar-refractivity contribution is 0.0110. The zero-order valence-corrected chi connectivity index (χ0v) is 30.7. The van der Waals surface area contributed by atoms with Gasteiger partial charge in [-0.2, -0.15) is 0 Å². The third kappa shape index (κ3) is 8.85. The van der Waals surface area contributed by atoms with Gasteiger partial charge in [0.2, 0.25) is 0 Å². The maximum Gasteiger partial charge on any atom is 0.410 e. The summed E-state index contributed by atoms with van der Waals surface area (Å²) in [7, 11) is -1.90. The maximum atomic E-state index is 15.8. The van der Waals surface area contributed by atoms with Crippen molar-refractivity contribution in [3.05, 3.63) is 94.2 Å². The highest BCUT2D eigenvalue weighted by Crippen LogP contribution is 2.37. The zero-order valence-electron chi connectivity index (χ0n) is 29.1. The first-order chi connectivity index (χ1) is 24.1. The van der Waals surface area contributed by atoms with Gasteiger partial charge in [-0.25, -0.2) is 26.3 Å². The van der Waals surface area contributed by atoms with Gasteiger partial charge in [0.1, 0.15) is 33.6 Å². The molecule has 0 N–H and O–H groups in total. The smallest absolute Gasteiger partial charge is 0.410 e. The predicted octanol–water partition coefficient (Wildman–Crippen LogP) is 7.75. The number of hydrogen-bond acceptors (Lipinski definition) is 9. The standard InChI is InChI=1S/C36H40ClF2N3O8S/c1-22-15-34(40-50-22)42(20-24-9-12-27(46-5)16-31(24)47-6)51(44,45)33-18-29(38)32(17-30(33)39)48-21-25-19-41(35(43)49-36(2,3)4)14-13-28(25)23-7-10-26(37)11-8-23/h7-12,15-18,25,28H,13-14,19-21H2,1-6H3/t25-,28-/m1/s1. The average Bonchev–Trinajstić information content (AvgIpc) is 3.52. The van der Waals surface area contributed by atoms with Crippen LogP contribution in [0.3, 0.4) is 0 Å². The van der Waals surface area contributed by atoms with Crippen molar-refractivity contribution in [3.8, 4) is 17.2 Å². The first kappa shape index (κ1) is 37.7. The molecule has 51 heavy (non-hydrogen) atoms. The van der Waals surface area contributed by atoms with Gasteiger partial charge >= 0.3 is 6.09 Å². The first-order valence-corrected chi connectivity index (χ1v) is 17.9. The maximum absolute atomic E-state index is 15.8. The van der Waals surface area contributed by atoms with Gasteiger partial charge in [-0.15, -0.1) is 0 Å². The van der Waals surface area contributed by atoms with Crippen LogP contribution in [0.2, 0.25) is 5.02 Å². The number of carbonyl (C=O) groups is 1. The number of ether oxygens (including phenoxy) is 4. The molecule has 1 aromatic heterocycles. The summed E-state index contributed by atoms with van der Waals surface area (Å²) in [6.07, 6.45) is 0.0622. The summed E-state index contributed by atoms with van der Waals surface area (Å²) in [6.45, 7) is 7.05. The van der Waals surface area contributed by atoms with Crippen molar-refractivity contribution < 1.29 is 45.5 Å². The van der Waals surface area contributed by atoms with Crippen LogP contribution in [-0.4, -0.2) is 64.1 Å². The van der Waals surface area contributed by atoms with Crippen LogP contribution in [-0.2, 0) is 21.3 Å². The molecule has 3 aromatic carbocycles. The van der Waals surface area contributed by atoms with E-state index in [2.05, 4.69) is 5.16 Å². The van der Waals surface area contributed by atoms with E-state index in [4.69, 9.17) is 35.1 Å². The monoisotopic (exact) mass is 747 g/mol.